The molecular weight excluding hydrogens is 169 g/mol. The molecule has 0 heterocycles. The predicted octanol–water partition coefficient (Wildman–Crippen LogP) is 2.70. The van der Waals surface area contributed by atoms with E-state index in [1.54, 1.807) is 0 Å². The van der Waals surface area contributed by atoms with Gasteiger partial charge in [-0.2, -0.15) is 13.2 Å². The molecule has 0 spiro atoms. The van der Waals surface area contributed by atoms with Crippen molar-refractivity contribution in [3.63, 3.8) is 0 Å². The van der Waals surface area contributed by atoms with Gasteiger partial charge in [0.25, 0.3) is 0 Å². The Bertz CT molecular complexity index is 63.7. The zero-order valence-corrected chi connectivity index (χ0v) is 4.43. The van der Waals surface area contributed by atoms with Crippen LogP contribution in [0.4, 0.5) is 30.7 Å². The third kappa shape index (κ3) is 10.5. The summed E-state index contributed by atoms with van der Waals surface area (Å²) in [6.45, 7) is -1.75. The molecule has 64 valence electrons. The molecule has 0 rings (SSSR count). The lowest BCUT2D eigenvalue weighted by Crippen LogP contribution is -2.18. The Morgan fingerprint density at radius 2 is 1.10 bits per heavy atom. The Labute approximate surface area is 51.6 Å². The second kappa shape index (κ2) is 5.31. The molecule has 0 N–H and O–H groups in total. The molecule has 0 bridgehead atoms. The van der Waals surface area contributed by atoms with E-state index in [9.17, 15) is 30.7 Å². The van der Waals surface area contributed by atoms with Crippen molar-refractivity contribution in [1.82, 2.24) is 0 Å². The SMILES string of the molecule is FC(F)C(F)(F)F.FCF. The highest BCUT2D eigenvalue weighted by molar-refractivity contribution is 4.48. The van der Waals surface area contributed by atoms with Crippen molar-refractivity contribution in [1.29, 1.82) is 0 Å². The van der Waals surface area contributed by atoms with E-state index >= 15 is 0 Å². The minimum Gasteiger partial charge on any atom is -0.214 e. The summed E-state index contributed by atoms with van der Waals surface area (Å²) in [5, 5.41) is 0. The van der Waals surface area contributed by atoms with Crippen molar-refractivity contribution in [2.45, 2.75) is 12.6 Å². The first-order valence-corrected chi connectivity index (χ1v) is 1.83. The zero-order valence-electron chi connectivity index (χ0n) is 4.43. The molecule has 0 aromatic rings. The molecule has 0 nitrogen and oxygen atoms in total. The van der Waals surface area contributed by atoms with Crippen molar-refractivity contribution in [2.75, 3.05) is 6.93 Å². The van der Waals surface area contributed by atoms with Crippen LogP contribution >= 0.6 is 0 Å². The number of hydrogen-bond donors (Lipinski definition) is 0. The monoisotopic (exact) mass is 172 g/mol. The molecule has 0 fully saturated rings. The van der Waals surface area contributed by atoms with E-state index in [1.807, 2.05) is 0 Å². The summed E-state index contributed by atoms with van der Waals surface area (Å²) in [6.07, 6.45) is -9.53. The van der Waals surface area contributed by atoms with Crippen LogP contribution in [0.2, 0.25) is 0 Å². The highest BCUT2D eigenvalue weighted by atomic mass is 19.4. The molecule has 0 unspecified atom stereocenters. The number of hydrogen-bond acceptors (Lipinski definition) is 0. The maximum Gasteiger partial charge on any atom is 0.450 e. The van der Waals surface area contributed by atoms with Gasteiger partial charge in [0.15, 0.2) is 0 Å². The minimum atomic E-state index is -5.33. The van der Waals surface area contributed by atoms with Crippen LogP contribution in [-0.4, -0.2) is 19.5 Å². The molecule has 10 heavy (non-hydrogen) atoms. The topological polar surface area (TPSA) is 0 Å². The number of alkyl halides is 7. The Hall–Kier alpha value is -0.490. The summed E-state index contributed by atoms with van der Waals surface area (Å²) in [5.41, 5.74) is 0. The van der Waals surface area contributed by atoms with E-state index in [0.29, 0.717) is 0 Å². The summed E-state index contributed by atoms with van der Waals surface area (Å²) in [4.78, 5) is 0. The van der Waals surface area contributed by atoms with E-state index < -0.39 is 19.5 Å². The van der Waals surface area contributed by atoms with Crippen LogP contribution in [0.1, 0.15) is 0 Å². The van der Waals surface area contributed by atoms with Gasteiger partial charge < -0.3 is 0 Å². The molecule has 0 atom stereocenters. The lowest BCUT2D eigenvalue weighted by atomic mass is 10.7. The lowest BCUT2D eigenvalue weighted by Gasteiger charge is -2.00. The van der Waals surface area contributed by atoms with Crippen molar-refractivity contribution in [3.8, 4) is 0 Å². The number of halogens is 7. The first-order chi connectivity index (χ1) is 4.36. The van der Waals surface area contributed by atoms with Gasteiger partial charge in [-0.25, -0.2) is 17.6 Å². The Balaban J connectivity index is 0. The molecule has 7 heteroatoms. The fourth-order valence-electron chi connectivity index (χ4n) is 0. The molecule has 0 aliphatic heterocycles. The predicted molar refractivity (Wildman–Crippen MR) is 19.1 cm³/mol. The van der Waals surface area contributed by atoms with E-state index in [0.717, 1.165) is 0 Å². The largest absolute Gasteiger partial charge is 0.450 e. The smallest absolute Gasteiger partial charge is 0.214 e. The maximum absolute atomic E-state index is 10.4. The van der Waals surface area contributed by atoms with E-state index in [2.05, 4.69) is 0 Å². The van der Waals surface area contributed by atoms with E-state index in [1.165, 1.54) is 0 Å². The molecular formula is C3H3F7. The van der Waals surface area contributed by atoms with Crippen molar-refractivity contribution in [2.24, 2.45) is 0 Å². The van der Waals surface area contributed by atoms with Crippen molar-refractivity contribution in [3.05, 3.63) is 0 Å². The molecule has 0 saturated carbocycles. The average molecular weight is 172 g/mol. The molecule has 0 radical (unpaired) electrons. The maximum atomic E-state index is 10.4. The highest BCUT2D eigenvalue weighted by Gasteiger charge is 2.40. The summed E-state index contributed by atoms with van der Waals surface area (Å²) in [5.74, 6) is 0. The normalized spacial score (nSPS) is 10.8. The van der Waals surface area contributed by atoms with Crippen molar-refractivity contribution >= 4 is 0 Å². The zero-order chi connectivity index (χ0) is 8.78. The summed E-state index contributed by atoms with van der Waals surface area (Å²) < 4.78 is 71.4. The minimum absolute atomic E-state index is 1.75. The first kappa shape index (κ1) is 12.2. The highest BCUT2D eigenvalue weighted by Crippen LogP contribution is 2.22. The van der Waals surface area contributed by atoms with E-state index in [-0.39, 0.29) is 0 Å². The fraction of sp³-hybridized carbons (Fsp3) is 1.00. The fourth-order valence-corrected chi connectivity index (χ4v) is 0. The molecule has 0 aliphatic rings. The molecule has 0 aliphatic carbocycles. The van der Waals surface area contributed by atoms with Crippen LogP contribution < -0.4 is 0 Å². The third-order valence-electron chi connectivity index (χ3n) is 0.247. The molecule has 0 aromatic heterocycles. The Morgan fingerprint density at radius 3 is 1.10 bits per heavy atom. The Kier molecular flexibility index (Phi) is 6.48. The van der Waals surface area contributed by atoms with Gasteiger partial charge in [0, 0.05) is 0 Å². The Morgan fingerprint density at radius 1 is 1.00 bits per heavy atom. The number of rotatable bonds is 0. The van der Waals surface area contributed by atoms with Crippen molar-refractivity contribution < 1.29 is 30.7 Å². The van der Waals surface area contributed by atoms with Gasteiger partial charge in [-0.3, -0.25) is 0 Å². The van der Waals surface area contributed by atoms with Crippen LogP contribution in [0.5, 0.6) is 0 Å². The second-order valence-corrected chi connectivity index (χ2v) is 0.943. The standard InChI is InChI=1S/C2HF5.CH2F2/c3-1(4)2(5,6)7;2-1-3/h1H;1H2. The van der Waals surface area contributed by atoms with Crippen LogP contribution in [0.15, 0.2) is 0 Å². The second-order valence-electron chi connectivity index (χ2n) is 0.943. The van der Waals surface area contributed by atoms with Gasteiger partial charge in [0.05, 0.1) is 0 Å². The third-order valence-corrected chi connectivity index (χ3v) is 0.247. The summed E-state index contributed by atoms with van der Waals surface area (Å²) in [7, 11) is 0. The van der Waals surface area contributed by atoms with Gasteiger partial charge in [-0.15, -0.1) is 0 Å². The summed E-state index contributed by atoms with van der Waals surface area (Å²) in [6, 6.07) is 0. The summed E-state index contributed by atoms with van der Waals surface area (Å²) >= 11 is 0. The van der Waals surface area contributed by atoms with Crippen LogP contribution in [0.3, 0.4) is 0 Å². The van der Waals surface area contributed by atoms with Gasteiger partial charge in [0.1, 0.15) is 0 Å². The van der Waals surface area contributed by atoms with Crippen LogP contribution in [-0.2, 0) is 0 Å². The quantitative estimate of drug-likeness (QED) is 0.492. The van der Waals surface area contributed by atoms with Crippen LogP contribution in [0, 0.1) is 0 Å². The average Bonchev–Trinajstić information content (AvgIpc) is 1.64. The van der Waals surface area contributed by atoms with Gasteiger partial charge in [-0.1, -0.05) is 0 Å². The van der Waals surface area contributed by atoms with Gasteiger partial charge in [-0.05, 0) is 0 Å². The van der Waals surface area contributed by atoms with E-state index in [4.69, 9.17) is 0 Å². The first-order valence-electron chi connectivity index (χ1n) is 1.83. The lowest BCUT2D eigenvalue weighted by molar-refractivity contribution is -0.219. The van der Waals surface area contributed by atoms with Gasteiger partial charge in [0.2, 0.25) is 6.93 Å². The molecule has 0 amide bonds. The molecule has 0 aromatic carbocycles. The van der Waals surface area contributed by atoms with Crippen LogP contribution in [0.25, 0.3) is 0 Å². The van der Waals surface area contributed by atoms with Gasteiger partial charge >= 0.3 is 12.6 Å². The molecule has 0 saturated heterocycles.